The molecule has 1 fully saturated rings. The topological polar surface area (TPSA) is 58.1 Å². The van der Waals surface area contributed by atoms with Gasteiger partial charge in [0.05, 0.1) is 12.4 Å². The summed E-state index contributed by atoms with van der Waals surface area (Å²) in [6.45, 7) is 4.20. The molecule has 2 atom stereocenters. The molecule has 1 N–H and O–H groups in total. The van der Waals surface area contributed by atoms with Crippen LogP contribution in [0.4, 0.5) is 5.82 Å². The number of nitrogens with zero attached hydrogens (tertiary/aromatic N) is 3. The van der Waals surface area contributed by atoms with Gasteiger partial charge in [-0.2, -0.15) is 0 Å². The van der Waals surface area contributed by atoms with E-state index < -0.39 is 0 Å². The van der Waals surface area contributed by atoms with E-state index in [2.05, 4.69) is 29.1 Å². The maximum absolute atomic E-state index is 12.5. The van der Waals surface area contributed by atoms with Crippen molar-refractivity contribution in [3.05, 3.63) is 18.1 Å². The molecular formula is C13H20N4O. The molecule has 1 saturated heterocycles. The first-order valence-corrected chi connectivity index (χ1v) is 6.46. The van der Waals surface area contributed by atoms with Gasteiger partial charge in [-0.05, 0) is 33.1 Å². The van der Waals surface area contributed by atoms with Gasteiger partial charge in [-0.1, -0.05) is 0 Å². The van der Waals surface area contributed by atoms with Crippen molar-refractivity contribution >= 4 is 11.7 Å². The second-order valence-electron chi connectivity index (χ2n) is 4.88. The van der Waals surface area contributed by atoms with Crippen LogP contribution in [0, 0.1) is 0 Å². The molecule has 18 heavy (non-hydrogen) atoms. The predicted molar refractivity (Wildman–Crippen MR) is 70.5 cm³/mol. The maximum atomic E-state index is 12.5. The molecule has 1 aliphatic rings. The standard InChI is InChI=1S/C13H20N4O/c1-9-5-4-6-10(2)17(9)13(18)11-7-15-8-12(14-3)16-11/h7-10H,4-6H2,1-3H3,(H,14,16)/t9-,10+. The molecule has 2 rings (SSSR count). The van der Waals surface area contributed by atoms with Gasteiger partial charge in [-0.3, -0.25) is 9.78 Å². The van der Waals surface area contributed by atoms with Crippen molar-refractivity contribution in [3.63, 3.8) is 0 Å². The van der Waals surface area contributed by atoms with Gasteiger partial charge in [-0.15, -0.1) is 0 Å². The minimum Gasteiger partial charge on any atom is -0.372 e. The number of carbonyl (C=O) groups is 1. The Balaban J connectivity index is 2.23. The van der Waals surface area contributed by atoms with Crippen LogP contribution in [0.25, 0.3) is 0 Å². The first-order valence-electron chi connectivity index (χ1n) is 6.46. The fourth-order valence-corrected chi connectivity index (χ4v) is 2.54. The van der Waals surface area contributed by atoms with Gasteiger partial charge in [-0.25, -0.2) is 4.98 Å². The number of piperidine rings is 1. The molecule has 0 aromatic carbocycles. The summed E-state index contributed by atoms with van der Waals surface area (Å²) in [7, 11) is 1.77. The van der Waals surface area contributed by atoms with Crippen LogP contribution in [0.2, 0.25) is 0 Å². The van der Waals surface area contributed by atoms with E-state index >= 15 is 0 Å². The van der Waals surface area contributed by atoms with E-state index in [0.717, 1.165) is 12.8 Å². The third kappa shape index (κ3) is 2.44. The summed E-state index contributed by atoms with van der Waals surface area (Å²) >= 11 is 0. The van der Waals surface area contributed by atoms with Crippen LogP contribution in [0.3, 0.4) is 0 Å². The van der Waals surface area contributed by atoms with Crippen molar-refractivity contribution in [2.75, 3.05) is 12.4 Å². The van der Waals surface area contributed by atoms with Gasteiger partial charge < -0.3 is 10.2 Å². The molecule has 1 amide bonds. The summed E-state index contributed by atoms with van der Waals surface area (Å²) in [5.41, 5.74) is 0.419. The Morgan fingerprint density at radius 2 is 2.00 bits per heavy atom. The fraction of sp³-hybridized carbons (Fsp3) is 0.615. The average Bonchev–Trinajstić information content (AvgIpc) is 2.38. The second-order valence-corrected chi connectivity index (χ2v) is 4.88. The number of hydrogen-bond acceptors (Lipinski definition) is 4. The monoisotopic (exact) mass is 248 g/mol. The van der Waals surface area contributed by atoms with E-state index in [1.54, 1.807) is 13.2 Å². The molecule has 1 aromatic heterocycles. The van der Waals surface area contributed by atoms with Crippen LogP contribution in [0.5, 0.6) is 0 Å². The number of anilines is 1. The van der Waals surface area contributed by atoms with Crippen LogP contribution in [0.1, 0.15) is 43.6 Å². The van der Waals surface area contributed by atoms with E-state index in [9.17, 15) is 4.79 Å². The quantitative estimate of drug-likeness (QED) is 0.868. The lowest BCUT2D eigenvalue weighted by molar-refractivity contribution is 0.0504. The molecular weight excluding hydrogens is 228 g/mol. The van der Waals surface area contributed by atoms with Crippen molar-refractivity contribution in [1.29, 1.82) is 0 Å². The van der Waals surface area contributed by atoms with Crippen molar-refractivity contribution < 1.29 is 4.79 Å². The number of likely N-dealkylation sites (tertiary alicyclic amines) is 1. The lowest BCUT2D eigenvalue weighted by Gasteiger charge is -2.38. The highest BCUT2D eigenvalue weighted by molar-refractivity contribution is 5.92. The van der Waals surface area contributed by atoms with Crippen molar-refractivity contribution in [3.8, 4) is 0 Å². The average molecular weight is 248 g/mol. The molecule has 2 heterocycles. The molecule has 0 spiro atoms. The zero-order chi connectivity index (χ0) is 13.1. The van der Waals surface area contributed by atoms with E-state index in [1.165, 1.54) is 12.6 Å². The molecule has 98 valence electrons. The zero-order valence-corrected chi connectivity index (χ0v) is 11.2. The van der Waals surface area contributed by atoms with Crippen molar-refractivity contribution in [2.45, 2.75) is 45.2 Å². The Morgan fingerprint density at radius 3 is 2.61 bits per heavy atom. The van der Waals surface area contributed by atoms with Crippen LogP contribution in [-0.2, 0) is 0 Å². The zero-order valence-electron chi connectivity index (χ0n) is 11.2. The molecule has 1 aliphatic heterocycles. The molecule has 5 nitrogen and oxygen atoms in total. The van der Waals surface area contributed by atoms with Crippen LogP contribution >= 0.6 is 0 Å². The lowest BCUT2D eigenvalue weighted by atomic mass is 9.97. The minimum atomic E-state index is -0.0145. The molecule has 0 bridgehead atoms. The minimum absolute atomic E-state index is 0.0145. The van der Waals surface area contributed by atoms with Gasteiger partial charge in [0.1, 0.15) is 11.5 Å². The fourth-order valence-electron chi connectivity index (χ4n) is 2.54. The first kappa shape index (κ1) is 12.8. The van der Waals surface area contributed by atoms with E-state index in [4.69, 9.17) is 0 Å². The van der Waals surface area contributed by atoms with Crippen LogP contribution < -0.4 is 5.32 Å². The summed E-state index contributed by atoms with van der Waals surface area (Å²) in [5.74, 6) is 0.609. The number of amides is 1. The summed E-state index contributed by atoms with van der Waals surface area (Å²) in [4.78, 5) is 22.7. The number of rotatable bonds is 2. The number of aromatic nitrogens is 2. The summed E-state index contributed by atoms with van der Waals surface area (Å²) in [6, 6.07) is 0.558. The molecule has 0 saturated carbocycles. The summed E-state index contributed by atoms with van der Waals surface area (Å²) in [6.07, 6.45) is 6.47. The van der Waals surface area contributed by atoms with Crippen LogP contribution in [0.15, 0.2) is 12.4 Å². The molecule has 0 unspecified atom stereocenters. The normalized spacial score (nSPS) is 23.8. The van der Waals surface area contributed by atoms with Crippen molar-refractivity contribution in [1.82, 2.24) is 14.9 Å². The highest BCUT2D eigenvalue weighted by atomic mass is 16.2. The SMILES string of the molecule is CNc1cncc(C(=O)N2[C@H](C)CCC[C@@H]2C)n1. The lowest BCUT2D eigenvalue weighted by Crippen LogP contribution is -2.47. The third-order valence-corrected chi connectivity index (χ3v) is 3.54. The van der Waals surface area contributed by atoms with Crippen LogP contribution in [-0.4, -0.2) is 39.9 Å². The molecule has 1 aromatic rings. The first-order chi connectivity index (χ1) is 8.63. The Morgan fingerprint density at radius 1 is 1.33 bits per heavy atom. The number of carbonyl (C=O) groups excluding carboxylic acids is 1. The Labute approximate surface area is 108 Å². The third-order valence-electron chi connectivity index (χ3n) is 3.54. The van der Waals surface area contributed by atoms with Gasteiger partial charge in [0.15, 0.2) is 0 Å². The number of hydrogen-bond donors (Lipinski definition) is 1. The highest BCUT2D eigenvalue weighted by Crippen LogP contribution is 2.24. The summed E-state index contributed by atoms with van der Waals surface area (Å²) < 4.78 is 0. The number of nitrogens with one attached hydrogen (secondary N) is 1. The largest absolute Gasteiger partial charge is 0.372 e. The van der Waals surface area contributed by atoms with E-state index in [-0.39, 0.29) is 18.0 Å². The molecule has 5 heteroatoms. The van der Waals surface area contributed by atoms with E-state index in [0.29, 0.717) is 11.5 Å². The Bertz CT molecular complexity index is 425. The van der Waals surface area contributed by atoms with Gasteiger partial charge in [0, 0.05) is 19.1 Å². The van der Waals surface area contributed by atoms with Gasteiger partial charge >= 0.3 is 0 Å². The molecule has 0 radical (unpaired) electrons. The Hall–Kier alpha value is -1.65. The van der Waals surface area contributed by atoms with E-state index in [1.807, 2.05) is 4.90 Å². The van der Waals surface area contributed by atoms with Crippen molar-refractivity contribution in [2.24, 2.45) is 0 Å². The Kier molecular flexibility index (Phi) is 3.79. The van der Waals surface area contributed by atoms with Gasteiger partial charge in [0.25, 0.3) is 5.91 Å². The summed E-state index contributed by atoms with van der Waals surface area (Å²) in [5, 5.41) is 2.90. The highest BCUT2D eigenvalue weighted by Gasteiger charge is 2.30. The second kappa shape index (κ2) is 5.33. The maximum Gasteiger partial charge on any atom is 0.274 e. The smallest absolute Gasteiger partial charge is 0.274 e. The predicted octanol–water partition coefficient (Wildman–Crippen LogP) is 1.92. The van der Waals surface area contributed by atoms with Gasteiger partial charge in [0.2, 0.25) is 0 Å². The molecule has 0 aliphatic carbocycles.